The van der Waals surface area contributed by atoms with Crippen LogP contribution in [-0.2, 0) is 7.05 Å². The van der Waals surface area contributed by atoms with Crippen molar-refractivity contribution < 1.29 is 4.79 Å². The Bertz CT molecular complexity index is 663. The number of amides is 1. The van der Waals surface area contributed by atoms with Gasteiger partial charge in [-0.2, -0.15) is 0 Å². The second kappa shape index (κ2) is 5.48. The average Bonchev–Trinajstić information content (AvgIpc) is 2.87. The molecule has 1 fully saturated rings. The number of fused-ring (bicyclic) bond motifs is 1. The SMILES string of the molecule is CC1CCCN(C(=O)c2ccc3c(c2)ncn3C)C1CN. The van der Waals surface area contributed by atoms with Crippen molar-refractivity contribution in [3.8, 4) is 0 Å². The Kier molecular flexibility index (Phi) is 3.68. The number of hydrogen-bond acceptors (Lipinski definition) is 3. The van der Waals surface area contributed by atoms with Gasteiger partial charge in [-0.05, 0) is 37.0 Å². The Morgan fingerprint density at radius 2 is 2.29 bits per heavy atom. The minimum Gasteiger partial charge on any atom is -0.334 e. The van der Waals surface area contributed by atoms with Gasteiger partial charge in [0.25, 0.3) is 5.91 Å². The Morgan fingerprint density at radius 3 is 3.05 bits per heavy atom. The van der Waals surface area contributed by atoms with Crippen LogP contribution in [0.15, 0.2) is 24.5 Å². The third-order valence-corrected chi connectivity index (χ3v) is 4.59. The van der Waals surface area contributed by atoms with Crippen LogP contribution in [0, 0.1) is 5.92 Å². The van der Waals surface area contributed by atoms with E-state index < -0.39 is 0 Å². The van der Waals surface area contributed by atoms with Gasteiger partial charge in [-0.1, -0.05) is 6.92 Å². The third-order valence-electron chi connectivity index (χ3n) is 4.59. The van der Waals surface area contributed by atoms with Crippen LogP contribution in [0.5, 0.6) is 0 Å². The molecule has 0 saturated carbocycles. The first kappa shape index (κ1) is 14.1. The second-order valence-corrected chi connectivity index (χ2v) is 5.98. The number of carbonyl (C=O) groups is 1. The number of aryl methyl sites for hydroxylation is 1. The molecular formula is C16H22N4O. The summed E-state index contributed by atoms with van der Waals surface area (Å²) in [7, 11) is 1.95. The number of aromatic nitrogens is 2. The molecule has 2 unspecified atom stereocenters. The van der Waals surface area contributed by atoms with E-state index in [2.05, 4.69) is 11.9 Å². The fraction of sp³-hybridized carbons (Fsp3) is 0.500. The quantitative estimate of drug-likeness (QED) is 0.915. The molecule has 1 aliphatic heterocycles. The summed E-state index contributed by atoms with van der Waals surface area (Å²) in [6.45, 7) is 3.50. The highest BCUT2D eigenvalue weighted by molar-refractivity contribution is 5.97. The molecule has 5 nitrogen and oxygen atoms in total. The lowest BCUT2D eigenvalue weighted by molar-refractivity contribution is 0.0532. The molecule has 1 aliphatic rings. The van der Waals surface area contributed by atoms with Crippen LogP contribution in [0.4, 0.5) is 0 Å². The topological polar surface area (TPSA) is 64.2 Å². The number of piperidine rings is 1. The highest BCUT2D eigenvalue weighted by atomic mass is 16.2. The van der Waals surface area contributed by atoms with E-state index in [0.717, 1.165) is 30.4 Å². The van der Waals surface area contributed by atoms with Crippen LogP contribution >= 0.6 is 0 Å². The third kappa shape index (κ3) is 2.42. The minimum atomic E-state index is 0.0737. The lowest BCUT2D eigenvalue weighted by Crippen LogP contribution is -2.51. The number of benzene rings is 1. The molecular weight excluding hydrogens is 264 g/mol. The largest absolute Gasteiger partial charge is 0.334 e. The number of nitrogens with zero attached hydrogens (tertiary/aromatic N) is 3. The number of likely N-dealkylation sites (tertiary alicyclic amines) is 1. The fourth-order valence-electron chi connectivity index (χ4n) is 3.30. The number of hydrogen-bond donors (Lipinski definition) is 1. The maximum atomic E-state index is 12.8. The van der Waals surface area contributed by atoms with Gasteiger partial charge >= 0.3 is 0 Å². The molecule has 0 spiro atoms. The van der Waals surface area contributed by atoms with Gasteiger partial charge in [-0.25, -0.2) is 4.98 Å². The molecule has 2 N–H and O–H groups in total. The second-order valence-electron chi connectivity index (χ2n) is 5.98. The van der Waals surface area contributed by atoms with Crippen LogP contribution in [0.25, 0.3) is 11.0 Å². The maximum Gasteiger partial charge on any atom is 0.254 e. The Hall–Kier alpha value is -1.88. The van der Waals surface area contributed by atoms with Crippen LogP contribution in [0.2, 0.25) is 0 Å². The molecule has 21 heavy (non-hydrogen) atoms. The van der Waals surface area contributed by atoms with Gasteiger partial charge in [0.1, 0.15) is 0 Å². The summed E-state index contributed by atoms with van der Waals surface area (Å²) in [5, 5.41) is 0. The summed E-state index contributed by atoms with van der Waals surface area (Å²) in [4.78, 5) is 19.1. The van der Waals surface area contributed by atoms with E-state index in [1.807, 2.05) is 34.7 Å². The zero-order valence-corrected chi connectivity index (χ0v) is 12.6. The standard InChI is InChI=1S/C16H22N4O/c1-11-4-3-7-20(15(11)9-17)16(21)12-5-6-14-13(8-12)18-10-19(14)2/h5-6,8,10-11,15H,3-4,7,9,17H2,1-2H3. The Morgan fingerprint density at radius 1 is 1.48 bits per heavy atom. The van der Waals surface area contributed by atoms with Crippen molar-refractivity contribution in [3.05, 3.63) is 30.1 Å². The van der Waals surface area contributed by atoms with E-state index in [1.54, 1.807) is 6.33 Å². The first-order valence-corrected chi connectivity index (χ1v) is 7.54. The molecule has 1 aromatic carbocycles. The van der Waals surface area contributed by atoms with E-state index in [-0.39, 0.29) is 11.9 Å². The molecule has 0 aliphatic carbocycles. The Balaban J connectivity index is 1.91. The van der Waals surface area contributed by atoms with Gasteiger partial charge in [0.15, 0.2) is 0 Å². The van der Waals surface area contributed by atoms with Gasteiger partial charge in [-0.15, -0.1) is 0 Å². The highest BCUT2D eigenvalue weighted by Crippen LogP contribution is 2.25. The predicted octanol–water partition coefficient (Wildman–Crippen LogP) is 1.77. The van der Waals surface area contributed by atoms with Crippen molar-refractivity contribution in [1.29, 1.82) is 0 Å². The van der Waals surface area contributed by atoms with Gasteiger partial charge in [0.2, 0.25) is 0 Å². The normalized spacial score (nSPS) is 22.7. The van der Waals surface area contributed by atoms with E-state index in [1.165, 1.54) is 0 Å². The summed E-state index contributed by atoms with van der Waals surface area (Å²) < 4.78 is 1.95. The number of imidazole rings is 1. The molecule has 2 atom stereocenters. The van der Waals surface area contributed by atoms with Crippen molar-refractivity contribution in [3.63, 3.8) is 0 Å². The van der Waals surface area contributed by atoms with Crippen molar-refractivity contribution in [2.45, 2.75) is 25.8 Å². The van der Waals surface area contributed by atoms with Gasteiger partial charge in [0, 0.05) is 31.7 Å². The zero-order chi connectivity index (χ0) is 15.0. The summed E-state index contributed by atoms with van der Waals surface area (Å²) in [6, 6.07) is 5.87. The molecule has 2 heterocycles. The van der Waals surface area contributed by atoms with E-state index in [9.17, 15) is 4.79 Å². The molecule has 1 amide bonds. The van der Waals surface area contributed by atoms with Gasteiger partial charge in [0.05, 0.1) is 17.4 Å². The first-order valence-electron chi connectivity index (χ1n) is 7.54. The van der Waals surface area contributed by atoms with Crippen LogP contribution in [-0.4, -0.2) is 39.5 Å². The number of rotatable bonds is 2. The van der Waals surface area contributed by atoms with Crippen molar-refractivity contribution in [2.75, 3.05) is 13.1 Å². The first-order chi connectivity index (χ1) is 10.1. The van der Waals surface area contributed by atoms with Crippen molar-refractivity contribution in [2.24, 2.45) is 18.7 Å². The highest BCUT2D eigenvalue weighted by Gasteiger charge is 2.31. The summed E-state index contributed by atoms with van der Waals surface area (Å²) in [5.74, 6) is 0.538. The molecule has 5 heteroatoms. The molecule has 1 aromatic heterocycles. The lowest BCUT2D eigenvalue weighted by Gasteiger charge is -2.39. The Labute approximate surface area is 124 Å². The maximum absolute atomic E-state index is 12.8. The number of nitrogens with two attached hydrogens (primary N) is 1. The molecule has 1 saturated heterocycles. The fourth-order valence-corrected chi connectivity index (χ4v) is 3.30. The summed E-state index contributed by atoms with van der Waals surface area (Å²) in [6.07, 6.45) is 3.96. The summed E-state index contributed by atoms with van der Waals surface area (Å²) >= 11 is 0. The average molecular weight is 286 g/mol. The van der Waals surface area contributed by atoms with E-state index in [4.69, 9.17) is 5.73 Å². The zero-order valence-electron chi connectivity index (χ0n) is 12.6. The predicted molar refractivity (Wildman–Crippen MR) is 83.0 cm³/mol. The van der Waals surface area contributed by atoms with Crippen molar-refractivity contribution in [1.82, 2.24) is 14.5 Å². The van der Waals surface area contributed by atoms with Crippen molar-refractivity contribution >= 4 is 16.9 Å². The number of carbonyl (C=O) groups excluding carboxylic acids is 1. The smallest absolute Gasteiger partial charge is 0.254 e. The van der Waals surface area contributed by atoms with E-state index >= 15 is 0 Å². The van der Waals surface area contributed by atoms with E-state index in [0.29, 0.717) is 18.0 Å². The molecule has 2 aromatic rings. The van der Waals surface area contributed by atoms with Crippen LogP contribution in [0.1, 0.15) is 30.1 Å². The van der Waals surface area contributed by atoms with Crippen LogP contribution in [0.3, 0.4) is 0 Å². The van der Waals surface area contributed by atoms with Gasteiger partial charge < -0.3 is 15.2 Å². The lowest BCUT2D eigenvalue weighted by atomic mass is 9.90. The molecule has 112 valence electrons. The minimum absolute atomic E-state index is 0.0737. The van der Waals surface area contributed by atoms with Crippen LogP contribution < -0.4 is 5.73 Å². The molecule has 0 radical (unpaired) electrons. The molecule has 0 bridgehead atoms. The van der Waals surface area contributed by atoms with Gasteiger partial charge in [-0.3, -0.25) is 4.79 Å². The summed E-state index contributed by atoms with van der Waals surface area (Å²) in [5.41, 5.74) is 8.48. The molecule has 3 rings (SSSR count). The monoisotopic (exact) mass is 286 g/mol.